The van der Waals surface area contributed by atoms with E-state index in [1.165, 1.54) is 25.3 Å². The van der Waals surface area contributed by atoms with Crippen molar-refractivity contribution >= 4 is 22.7 Å². The Balaban J connectivity index is 2.11. The average Bonchev–Trinajstić information content (AvgIpc) is 3.06. The van der Waals surface area contributed by atoms with Gasteiger partial charge in [-0.25, -0.2) is 8.78 Å². The molecule has 26 heavy (non-hydrogen) atoms. The zero-order valence-corrected chi connectivity index (χ0v) is 13.7. The number of methoxy groups -OCH3 is 1. The molecule has 0 aliphatic carbocycles. The van der Waals surface area contributed by atoms with Crippen LogP contribution in [0.4, 0.5) is 8.78 Å². The Morgan fingerprint density at radius 1 is 1.23 bits per heavy atom. The van der Waals surface area contributed by atoms with Gasteiger partial charge in [-0.15, -0.1) is 0 Å². The minimum atomic E-state index is -0.701. The Bertz CT molecular complexity index is 1010. The summed E-state index contributed by atoms with van der Waals surface area (Å²) in [5.74, 6) is -2.54. The lowest BCUT2D eigenvalue weighted by atomic mass is 10.0. The summed E-state index contributed by atoms with van der Waals surface area (Å²) >= 11 is 0. The molecule has 6 nitrogen and oxygen atoms in total. The highest BCUT2D eigenvalue weighted by Gasteiger charge is 2.20. The van der Waals surface area contributed by atoms with Gasteiger partial charge in [-0.2, -0.15) is 0 Å². The number of nitrogen functional groups attached to an aromatic ring is 1. The van der Waals surface area contributed by atoms with Crippen molar-refractivity contribution in [3.05, 3.63) is 59.3 Å². The lowest BCUT2D eigenvalue weighted by molar-refractivity contribution is -0.139. The Morgan fingerprint density at radius 3 is 2.69 bits per heavy atom. The summed E-state index contributed by atoms with van der Waals surface area (Å²) in [7, 11) is 1.23. The van der Waals surface area contributed by atoms with Crippen molar-refractivity contribution in [3.63, 3.8) is 0 Å². The van der Waals surface area contributed by atoms with Gasteiger partial charge in [-0.05, 0) is 24.3 Å². The molecule has 0 atom stereocenters. The van der Waals surface area contributed by atoms with Crippen LogP contribution < -0.4 is 10.5 Å². The second-order valence-electron chi connectivity index (χ2n) is 5.52. The topological polar surface area (TPSA) is 101 Å². The van der Waals surface area contributed by atoms with Crippen LogP contribution in [0.15, 0.2) is 36.5 Å². The minimum Gasteiger partial charge on any atom is -0.469 e. The zero-order valence-electron chi connectivity index (χ0n) is 13.7. The summed E-state index contributed by atoms with van der Waals surface area (Å²) in [6.07, 6.45) is 1.40. The molecule has 0 saturated heterocycles. The second kappa shape index (κ2) is 6.83. The maximum atomic E-state index is 14.6. The number of aromatic amines is 1. The van der Waals surface area contributed by atoms with Crippen LogP contribution in [0, 0.1) is 17.0 Å². The smallest absolute Gasteiger partial charge is 0.310 e. The molecule has 0 aliphatic rings. The van der Waals surface area contributed by atoms with Gasteiger partial charge in [0.25, 0.3) is 0 Å². The number of carbonyl (C=O) groups is 1. The highest BCUT2D eigenvalue weighted by Crippen LogP contribution is 2.35. The standard InChI is InChI=1S/C18H15F2N3O3/c1-25-16(24)7-11-10-4-5-23-15(10)8-14(20)17(11)26-9-2-3-13(19)12(6-9)18(21)22/h2-6,8,23H,7H2,1H3,(H3,21,22). The zero-order chi connectivity index (χ0) is 18.8. The summed E-state index contributed by atoms with van der Waals surface area (Å²) in [4.78, 5) is 14.6. The van der Waals surface area contributed by atoms with Crippen molar-refractivity contribution < 1.29 is 23.0 Å². The maximum absolute atomic E-state index is 14.6. The SMILES string of the molecule is COC(=O)Cc1c(Oc2ccc(F)c(C(=N)N)c2)c(F)cc2[nH]ccc12. The fourth-order valence-corrected chi connectivity index (χ4v) is 2.62. The molecule has 3 aromatic rings. The van der Waals surface area contributed by atoms with Crippen LogP contribution in [-0.4, -0.2) is 23.9 Å². The molecule has 1 aromatic heterocycles. The molecular formula is C18H15F2N3O3. The predicted octanol–water partition coefficient (Wildman–Crippen LogP) is 3.24. The van der Waals surface area contributed by atoms with E-state index in [-0.39, 0.29) is 23.5 Å². The highest BCUT2D eigenvalue weighted by molar-refractivity contribution is 5.95. The number of H-pyrrole nitrogens is 1. The third-order valence-electron chi connectivity index (χ3n) is 3.86. The van der Waals surface area contributed by atoms with Crippen molar-refractivity contribution in [1.29, 1.82) is 5.41 Å². The van der Waals surface area contributed by atoms with Crippen LogP contribution >= 0.6 is 0 Å². The van der Waals surface area contributed by atoms with E-state index in [4.69, 9.17) is 15.9 Å². The Hall–Kier alpha value is -3.42. The number of rotatable bonds is 5. The molecule has 0 saturated carbocycles. The quantitative estimate of drug-likeness (QED) is 0.370. The molecular weight excluding hydrogens is 344 g/mol. The van der Waals surface area contributed by atoms with Crippen LogP contribution in [0.25, 0.3) is 10.9 Å². The Kier molecular flexibility index (Phi) is 4.57. The van der Waals surface area contributed by atoms with E-state index in [0.29, 0.717) is 16.5 Å². The lowest BCUT2D eigenvalue weighted by Crippen LogP contribution is -2.13. The van der Waals surface area contributed by atoms with Gasteiger partial charge in [0.1, 0.15) is 17.4 Å². The first-order valence-electron chi connectivity index (χ1n) is 7.57. The number of carbonyl (C=O) groups excluding carboxylic acids is 1. The van der Waals surface area contributed by atoms with Gasteiger partial charge in [0.05, 0.1) is 19.1 Å². The molecule has 1 heterocycles. The van der Waals surface area contributed by atoms with E-state index in [1.807, 2.05) is 0 Å². The molecule has 2 aromatic carbocycles. The van der Waals surface area contributed by atoms with Crippen LogP contribution in [0.5, 0.6) is 11.5 Å². The molecule has 0 unspecified atom stereocenters. The Morgan fingerprint density at radius 2 is 2.00 bits per heavy atom. The lowest BCUT2D eigenvalue weighted by Gasteiger charge is -2.14. The summed E-state index contributed by atoms with van der Waals surface area (Å²) in [6, 6.07) is 6.47. The van der Waals surface area contributed by atoms with E-state index in [1.54, 1.807) is 12.3 Å². The van der Waals surface area contributed by atoms with Crippen molar-refractivity contribution in [2.75, 3.05) is 7.11 Å². The molecule has 0 amide bonds. The largest absolute Gasteiger partial charge is 0.469 e. The summed E-state index contributed by atoms with van der Waals surface area (Å²) in [6.45, 7) is 0. The second-order valence-corrected chi connectivity index (χ2v) is 5.52. The first-order chi connectivity index (χ1) is 12.4. The van der Waals surface area contributed by atoms with E-state index >= 15 is 0 Å². The number of nitrogens with two attached hydrogens (primary N) is 1. The molecule has 0 radical (unpaired) electrons. The third-order valence-corrected chi connectivity index (χ3v) is 3.86. The fraction of sp³-hybridized carbons (Fsp3) is 0.111. The molecule has 8 heteroatoms. The maximum Gasteiger partial charge on any atom is 0.310 e. The van der Waals surface area contributed by atoms with Crippen LogP contribution in [0.2, 0.25) is 0 Å². The predicted molar refractivity (Wildman–Crippen MR) is 91.5 cm³/mol. The van der Waals surface area contributed by atoms with Crippen molar-refractivity contribution in [3.8, 4) is 11.5 Å². The number of aromatic nitrogens is 1. The number of benzene rings is 2. The van der Waals surface area contributed by atoms with Crippen LogP contribution in [-0.2, 0) is 16.0 Å². The Labute approximate surface area is 147 Å². The first-order valence-corrected chi connectivity index (χ1v) is 7.57. The van der Waals surface area contributed by atoms with Crippen molar-refractivity contribution in [2.45, 2.75) is 6.42 Å². The molecule has 4 N–H and O–H groups in total. The van der Waals surface area contributed by atoms with E-state index in [2.05, 4.69) is 9.72 Å². The highest BCUT2D eigenvalue weighted by atomic mass is 19.1. The van der Waals surface area contributed by atoms with Gasteiger partial charge in [-0.1, -0.05) is 0 Å². The molecule has 0 spiro atoms. The van der Waals surface area contributed by atoms with Crippen LogP contribution in [0.3, 0.4) is 0 Å². The fourth-order valence-electron chi connectivity index (χ4n) is 2.62. The number of ether oxygens (including phenoxy) is 2. The molecule has 0 aliphatic heterocycles. The van der Waals surface area contributed by atoms with Gasteiger partial charge in [-0.3, -0.25) is 10.2 Å². The summed E-state index contributed by atoms with van der Waals surface area (Å²) in [5, 5.41) is 7.98. The van der Waals surface area contributed by atoms with E-state index in [0.717, 1.165) is 6.07 Å². The first kappa shape index (κ1) is 17.4. The number of nitrogens with one attached hydrogen (secondary N) is 2. The number of hydrogen-bond acceptors (Lipinski definition) is 4. The van der Waals surface area contributed by atoms with Crippen molar-refractivity contribution in [1.82, 2.24) is 4.98 Å². The van der Waals surface area contributed by atoms with E-state index < -0.39 is 23.4 Å². The van der Waals surface area contributed by atoms with Gasteiger partial charge in [0, 0.05) is 28.7 Å². The van der Waals surface area contributed by atoms with Crippen molar-refractivity contribution in [2.24, 2.45) is 5.73 Å². The number of hydrogen-bond donors (Lipinski definition) is 3. The molecule has 0 bridgehead atoms. The minimum absolute atomic E-state index is 0.0801. The molecule has 134 valence electrons. The number of halogens is 2. The molecule has 0 fully saturated rings. The number of fused-ring (bicyclic) bond motifs is 1. The van der Waals surface area contributed by atoms with Gasteiger partial charge in [0.15, 0.2) is 11.6 Å². The monoisotopic (exact) mass is 359 g/mol. The summed E-state index contributed by atoms with van der Waals surface area (Å²) < 4.78 is 38.5. The average molecular weight is 359 g/mol. The molecule has 3 rings (SSSR count). The van der Waals surface area contributed by atoms with Crippen LogP contribution in [0.1, 0.15) is 11.1 Å². The van der Waals surface area contributed by atoms with Gasteiger partial charge in [0.2, 0.25) is 0 Å². The number of esters is 1. The van der Waals surface area contributed by atoms with E-state index in [9.17, 15) is 13.6 Å². The van der Waals surface area contributed by atoms with Gasteiger partial charge < -0.3 is 20.2 Å². The van der Waals surface area contributed by atoms with Gasteiger partial charge >= 0.3 is 5.97 Å². The summed E-state index contributed by atoms with van der Waals surface area (Å²) in [5.41, 5.74) is 5.95. The normalized spacial score (nSPS) is 10.7. The third kappa shape index (κ3) is 3.21. The number of amidine groups is 1.